The van der Waals surface area contributed by atoms with Gasteiger partial charge in [0.2, 0.25) is 11.8 Å². The van der Waals surface area contributed by atoms with Crippen molar-refractivity contribution in [1.29, 1.82) is 5.26 Å². The Bertz CT molecular complexity index is 1570. The van der Waals surface area contributed by atoms with Crippen molar-refractivity contribution in [3.8, 4) is 17.3 Å². The van der Waals surface area contributed by atoms with E-state index in [-0.39, 0.29) is 42.1 Å². The Kier molecular flexibility index (Phi) is 7.09. The van der Waals surface area contributed by atoms with E-state index >= 15 is 0 Å². The van der Waals surface area contributed by atoms with Crippen LogP contribution in [0.2, 0.25) is 0 Å². The summed E-state index contributed by atoms with van der Waals surface area (Å²) in [5.41, 5.74) is 7.20. The molecule has 9 nitrogen and oxygen atoms in total. The average molecular weight is 628 g/mol. The molecular weight excluding hydrogens is 588 g/mol. The number of hydrogen-bond acceptors (Lipinski definition) is 8. The Balaban J connectivity index is 1.24. The van der Waals surface area contributed by atoms with Crippen molar-refractivity contribution >= 4 is 21.4 Å². The van der Waals surface area contributed by atoms with Crippen molar-refractivity contribution < 1.29 is 26.4 Å². The van der Waals surface area contributed by atoms with E-state index in [9.17, 15) is 27.3 Å². The van der Waals surface area contributed by atoms with Crippen molar-refractivity contribution in [2.24, 2.45) is 23.5 Å². The number of nitriles is 1. The van der Waals surface area contributed by atoms with Crippen molar-refractivity contribution in [3.05, 3.63) is 35.9 Å². The number of hydrogen-bond donors (Lipinski definition) is 2. The van der Waals surface area contributed by atoms with E-state index in [0.29, 0.717) is 63.1 Å². The summed E-state index contributed by atoms with van der Waals surface area (Å²) >= 11 is 0. The minimum Gasteiger partial charge on any atom is -0.443 e. The minimum atomic E-state index is -3.01. The van der Waals surface area contributed by atoms with Crippen LogP contribution in [0.4, 0.5) is 14.5 Å². The first kappa shape index (κ1) is 29.7. The number of carbonyl (C=O) groups is 1. The number of halogens is 2. The Hall–Kier alpha value is -3.04. The number of fused-ring (bicyclic) bond motifs is 2. The number of carbonyl (C=O) groups excluding carboxylic acids is 1. The number of anilines is 1. The Morgan fingerprint density at radius 3 is 2.30 bits per heavy atom. The highest BCUT2D eigenvalue weighted by molar-refractivity contribution is 7.91. The smallest absolute Gasteiger partial charge is 0.253 e. The van der Waals surface area contributed by atoms with E-state index in [1.807, 2.05) is 29.2 Å². The number of nitrogens with two attached hydrogens (primary N) is 1. The summed E-state index contributed by atoms with van der Waals surface area (Å²) in [6.45, 7) is 0.847. The molecule has 236 valence electrons. The van der Waals surface area contributed by atoms with E-state index < -0.39 is 44.6 Å². The molecule has 44 heavy (non-hydrogen) atoms. The summed E-state index contributed by atoms with van der Waals surface area (Å²) in [7, 11) is -3.01. The van der Waals surface area contributed by atoms with Gasteiger partial charge in [-0.3, -0.25) is 4.79 Å². The van der Waals surface area contributed by atoms with Gasteiger partial charge in [-0.1, -0.05) is 25.0 Å². The fourth-order valence-electron chi connectivity index (χ4n) is 8.01. The number of amides is 1. The van der Waals surface area contributed by atoms with Crippen LogP contribution in [0.25, 0.3) is 11.3 Å². The molecule has 5 fully saturated rings. The topological polar surface area (TPSA) is 142 Å². The highest BCUT2D eigenvalue weighted by Crippen LogP contribution is 2.58. The summed E-state index contributed by atoms with van der Waals surface area (Å²) in [5, 5.41) is 12.6. The first-order valence-electron chi connectivity index (χ1n) is 15.9. The maximum Gasteiger partial charge on any atom is 0.253 e. The molecule has 2 heterocycles. The number of sulfone groups is 1. The van der Waals surface area contributed by atoms with Crippen LogP contribution in [0, 0.1) is 29.1 Å². The van der Waals surface area contributed by atoms with Crippen LogP contribution in [0.15, 0.2) is 28.7 Å². The zero-order valence-corrected chi connectivity index (χ0v) is 25.6. The zero-order chi connectivity index (χ0) is 30.9. The number of aromatic nitrogens is 1. The molecule has 1 aromatic carbocycles. The van der Waals surface area contributed by atoms with E-state index in [0.717, 1.165) is 24.1 Å². The van der Waals surface area contributed by atoms with Gasteiger partial charge in [0, 0.05) is 48.0 Å². The molecule has 4 saturated carbocycles. The quantitative estimate of drug-likeness (QED) is 0.472. The molecule has 1 aliphatic heterocycles. The van der Waals surface area contributed by atoms with Gasteiger partial charge in [-0.15, -0.1) is 0 Å². The van der Waals surface area contributed by atoms with E-state index in [1.54, 1.807) is 0 Å². The first-order valence-corrected chi connectivity index (χ1v) is 17.7. The molecule has 1 amide bonds. The minimum absolute atomic E-state index is 0.0893. The normalized spacial score (nSPS) is 33.4. The molecule has 0 spiro atoms. The van der Waals surface area contributed by atoms with E-state index in [2.05, 4.69) is 11.4 Å². The van der Waals surface area contributed by atoms with Crippen LogP contribution in [0.3, 0.4) is 0 Å². The summed E-state index contributed by atoms with van der Waals surface area (Å²) in [4.78, 5) is 20.5. The third-order valence-electron chi connectivity index (χ3n) is 10.9. The Morgan fingerprint density at radius 1 is 1.05 bits per heavy atom. The van der Waals surface area contributed by atoms with Crippen molar-refractivity contribution in [1.82, 2.24) is 10.3 Å². The molecule has 5 aliphatic rings. The predicted molar refractivity (Wildman–Crippen MR) is 159 cm³/mol. The predicted octanol–water partition coefficient (Wildman–Crippen LogP) is 4.63. The first-order chi connectivity index (χ1) is 20.9. The van der Waals surface area contributed by atoms with Gasteiger partial charge in [-0.2, -0.15) is 5.26 Å². The number of alkyl halides is 2. The number of nitrogens with one attached hydrogen (secondary N) is 1. The molecule has 2 bridgehead atoms. The van der Waals surface area contributed by atoms with Crippen LogP contribution in [-0.4, -0.2) is 55.4 Å². The van der Waals surface area contributed by atoms with Crippen LogP contribution < -0.4 is 16.0 Å². The Morgan fingerprint density at radius 2 is 1.68 bits per heavy atom. The second-order valence-corrected chi connectivity index (χ2v) is 16.1. The molecule has 4 atom stereocenters. The van der Waals surface area contributed by atoms with Crippen LogP contribution in [0.1, 0.15) is 81.8 Å². The Labute approximate surface area is 256 Å². The van der Waals surface area contributed by atoms with Crippen molar-refractivity contribution in [2.45, 2.75) is 87.1 Å². The highest BCUT2D eigenvalue weighted by atomic mass is 32.2. The second kappa shape index (κ2) is 10.5. The van der Waals surface area contributed by atoms with Crippen molar-refractivity contribution in [3.63, 3.8) is 0 Å². The molecule has 7 rings (SSSR count). The van der Waals surface area contributed by atoms with Gasteiger partial charge in [-0.05, 0) is 63.5 Å². The van der Waals surface area contributed by atoms with E-state index in [4.69, 9.17) is 15.1 Å². The fourth-order valence-corrected chi connectivity index (χ4v) is 9.22. The molecule has 1 saturated heterocycles. The lowest BCUT2D eigenvalue weighted by molar-refractivity contribution is -0.127. The average Bonchev–Trinajstić information content (AvgIpc) is 3.61. The molecule has 1 aromatic heterocycles. The molecular formula is C32H39F2N5O4S. The molecule has 0 radical (unpaired) electrons. The number of rotatable bonds is 6. The number of benzene rings is 1. The SMILES string of the molecule is N#CC1(NC(=O)[C@@H]2CCCC[C@H]2c2oc(C3(N)CC4CCC(C3)C4(F)F)nc2-c2ccc(N3CCS(=O)(=O)CC3)cc2)CC1. The third-order valence-corrected chi connectivity index (χ3v) is 12.5. The van der Waals surface area contributed by atoms with Gasteiger partial charge in [0.15, 0.2) is 9.84 Å². The lowest BCUT2D eigenvalue weighted by Crippen LogP contribution is -2.50. The van der Waals surface area contributed by atoms with Crippen LogP contribution in [0.5, 0.6) is 0 Å². The van der Waals surface area contributed by atoms with Gasteiger partial charge >= 0.3 is 0 Å². The second-order valence-electron chi connectivity index (χ2n) is 13.8. The molecule has 4 aliphatic carbocycles. The fraction of sp³-hybridized carbons (Fsp3) is 0.656. The van der Waals surface area contributed by atoms with E-state index in [1.165, 1.54) is 0 Å². The van der Waals surface area contributed by atoms with Gasteiger partial charge in [0.1, 0.15) is 17.0 Å². The summed E-state index contributed by atoms with van der Waals surface area (Å²) in [6, 6.07) is 9.93. The lowest BCUT2D eigenvalue weighted by atomic mass is 9.73. The highest BCUT2D eigenvalue weighted by Gasteiger charge is 2.61. The van der Waals surface area contributed by atoms with Gasteiger partial charge < -0.3 is 20.4 Å². The van der Waals surface area contributed by atoms with Crippen LogP contribution in [-0.2, 0) is 20.2 Å². The molecule has 3 N–H and O–H groups in total. The molecule has 12 heteroatoms. The largest absolute Gasteiger partial charge is 0.443 e. The maximum absolute atomic E-state index is 14.9. The van der Waals surface area contributed by atoms with Gasteiger partial charge in [0.05, 0.1) is 23.1 Å². The van der Waals surface area contributed by atoms with Gasteiger partial charge in [0.25, 0.3) is 5.92 Å². The van der Waals surface area contributed by atoms with Gasteiger partial charge in [-0.25, -0.2) is 22.2 Å². The maximum atomic E-state index is 14.9. The lowest BCUT2D eigenvalue weighted by Gasteiger charge is -2.40. The number of nitrogens with zero attached hydrogens (tertiary/aromatic N) is 3. The van der Waals surface area contributed by atoms with Crippen molar-refractivity contribution in [2.75, 3.05) is 29.5 Å². The third kappa shape index (κ3) is 5.19. The standard InChI is InChI=1S/C32H39F2N5O4S/c33-32(34)21-7-8-22(32)18-31(36,17-21)29-37-26(20-5-9-23(10-6-20)39-13-15-44(41,42)16-14-39)27(43-29)24-3-1-2-4-25(24)28(40)38-30(19-35)11-12-30/h5-6,9-10,21-22,24-25H,1-4,7-8,11-18,36H2,(H,38,40)/t21?,22?,24-,25-,31?/m1/s1. The summed E-state index contributed by atoms with van der Waals surface area (Å²) < 4.78 is 60.2. The summed E-state index contributed by atoms with van der Waals surface area (Å²) in [6.07, 6.45) is 5.44. The molecule has 2 unspecified atom stereocenters. The number of oxazole rings is 1. The summed E-state index contributed by atoms with van der Waals surface area (Å²) in [5.74, 6) is -4.21. The monoisotopic (exact) mass is 627 g/mol. The molecule has 2 aromatic rings. The van der Waals surface area contributed by atoms with Crippen LogP contribution >= 0.6 is 0 Å². The zero-order valence-electron chi connectivity index (χ0n) is 24.7.